The minimum Gasteiger partial charge on any atom is -0.351 e. The molecule has 2 aliphatic carbocycles. The summed E-state index contributed by atoms with van der Waals surface area (Å²) in [6.45, 7) is 0. The van der Waals surface area contributed by atoms with Gasteiger partial charge >= 0.3 is 0 Å². The summed E-state index contributed by atoms with van der Waals surface area (Å²) < 4.78 is 2.02. The Hall–Kier alpha value is -1.95. The van der Waals surface area contributed by atoms with Gasteiger partial charge in [0, 0.05) is 36.6 Å². The molecule has 6 nitrogen and oxygen atoms in total. The Morgan fingerprint density at radius 3 is 2.69 bits per heavy atom. The predicted octanol–water partition coefficient (Wildman–Crippen LogP) is 3.29. The summed E-state index contributed by atoms with van der Waals surface area (Å²) >= 11 is 0. The molecular formula is C20H30N6. The maximum Gasteiger partial charge on any atom is 0.223 e. The summed E-state index contributed by atoms with van der Waals surface area (Å²) in [7, 11) is 2.04. The van der Waals surface area contributed by atoms with Crippen LogP contribution in [0.4, 0.5) is 5.95 Å². The SMILES string of the molecule is Cn1ncc(-c2ccnc(NC3CCC(N)CC3)n2)c1CC1CCCC1. The molecule has 6 heteroatoms. The first-order chi connectivity index (χ1) is 12.7. The first-order valence-corrected chi connectivity index (χ1v) is 10.1. The molecule has 2 fully saturated rings. The number of aryl methyl sites for hydroxylation is 1. The largest absolute Gasteiger partial charge is 0.351 e. The van der Waals surface area contributed by atoms with Crippen molar-refractivity contribution < 1.29 is 0 Å². The third kappa shape index (κ3) is 3.90. The van der Waals surface area contributed by atoms with Crippen LogP contribution in [0.15, 0.2) is 18.5 Å². The number of anilines is 1. The summed E-state index contributed by atoms with van der Waals surface area (Å²) in [6.07, 6.45) is 14.6. The minimum absolute atomic E-state index is 0.355. The molecule has 0 amide bonds. The number of hydrogen-bond donors (Lipinski definition) is 2. The summed E-state index contributed by atoms with van der Waals surface area (Å²) in [5, 5.41) is 8.02. The first-order valence-electron chi connectivity index (χ1n) is 10.1. The Kier molecular flexibility index (Phi) is 5.20. The van der Waals surface area contributed by atoms with Crippen LogP contribution in [-0.4, -0.2) is 31.8 Å². The van der Waals surface area contributed by atoms with Crippen molar-refractivity contribution in [1.82, 2.24) is 19.7 Å². The Bertz CT molecular complexity index is 726. The van der Waals surface area contributed by atoms with Crippen LogP contribution in [0.25, 0.3) is 11.3 Å². The molecule has 0 unspecified atom stereocenters. The second-order valence-electron chi connectivity index (χ2n) is 8.00. The first kappa shape index (κ1) is 17.5. The van der Waals surface area contributed by atoms with Crippen molar-refractivity contribution >= 4 is 5.95 Å². The van der Waals surface area contributed by atoms with E-state index in [-0.39, 0.29) is 0 Å². The van der Waals surface area contributed by atoms with Crippen LogP contribution in [0.3, 0.4) is 0 Å². The van der Waals surface area contributed by atoms with Crippen molar-refractivity contribution in [2.75, 3.05) is 5.32 Å². The normalized spacial score (nSPS) is 24.1. The lowest BCUT2D eigenvalue weighted by molar-refractivity contribution is 0.410. The lowest BCUT2D eigenvalue weighted by Crippen LogP contribution is -2.33. The number of aromatic nitrogens is 4. The summed E-state index contributed by atoms with van der Waals surface area (Å²) in [4.78, 5) is 9.23. The zero-order valence-corrected chi connectivity index (χ0v) is 15.7. The molecule has 2 aliphatic rings. The van der Waals surface area contributed by atoms with E-state index in [1.165, 1.54) is 31.4 Å². The molecule has 2 aromatic rings. The third-order valence-corrected chi connectivity index (χ3v) is 6.05. The molecule has 2 saturated carbocycles. The molecule has 0 spiro atoms. The summed E-state index contributed by atoms with van der Waals surface area (Å²) in [5.74, 6) is 1.51. The highest BCUT2D eigenvalue weighted by Crippen LogP contribution is 2.31. The second-order valence-corrected chi connectivity index (χ2v) is 8.00. The van der Waals surface area contributed by atoms with Crippen LogP contribution in [-0.2, 0) is 13.5 Å². The average molecular weight is 355 g/mol. The summed E-state index contributed by atoms with van der Waals surface area (Å²) in [5.41, 5.74) is 9.42. The topological polar surface area (TPSA) is 81.7 Å². The quantitative estimate of drug-likeness (QED) is 0.861. The van der Waals surface area contributed by atoms with E-state index in [0.717, 1.165) is 55.2 Å². The minimum atomic E-state index is 0.355. The molecule has 0 saturated heterocycles. The smallest absolute Gasteiger partial charge is 0.223 e. The van der Waals surface area contributed by atoms with E-state index in [0.29, 0.717) is 12.1 Å². The lowest BCUT2D eigenvalue weighted by Gasteiger charge is -2.26. The predicted molar refractivity (Wildman–Crippen MR) is 104 cm³/mol. The number of nitrogens with zero attached hydrogens (tertiary/aromatic N) is 4. The highest BCUT2D eigenvalue weighted by atomic mass is 15.3. The molecule has 0 radical (unpaired) electrons. The van der Waals surface area contributed by atoms with Crippen LogP contribution in [0.1, 0.15) is 57.1 Å². The van der Waals surface area contributed by atoms with E-state index in [1.807, 2.05) is 30.2 Å². The Morgan fingerprint density at radius 1 is 1.15 bits per heavy atom. The van der Waals surface area contributed by atoms with E-state index >= 15 is 0 Å². The van der Waals surface area contributed by atoms with Crippen LogP contribution in [0, 0.1) is 5.92 Å². The second kappa shape index (κ2) is 7.74. The van der Waals surface area contributed by atoms with E-state index < -0.39 is 0 Å². The fourth-order valence-corrected chi connectivity index (χ4v) is 4.43. The molecule has 0 aliphatic heterocycles. The van der Waals surface area contributed by atoms with E-state index in [4.69, 9.17) is 10.7 Å². The number of hydrogen-bond acceptors (Lipinski definition) is 5. The maximum absolute atomic E-state index is 6.01. The van der Waals surface area contributed by atoms with Gasteiger partial charge in [-0.3, -0.25) is 4.68 Å². The molecule has 0 bridgehead atoms. The van der Waals surface area contributed by atoms with Crippen LogP contribution >= 0.6 is 0 Å². The van der Waals surface area contributed by atoms with Gasteiger partial charge < -0.3 is 11.1 Å². The van der Waals surface area contributed by atoms with Gasteiger partial charge in [-0.2, -0.15) is 5.10 Å². The zero-order chi connectivity index (χ0) is 17.9. The van der Waals surface area contributed by atoms with Crippen molar-refractivity contribution in [2.24, 2.45) is 18.7 Å². The number of nitrogens with two attached hydrogens (primary N) is 1. The van der Waals surface area contributed by atoms with Crippen molar-refractivity contribution in [3.8, 4) is 11.3 Å². The Morgan fingerprint density at radius 2 is 1.92 bits per heavy atom. The van der Waals surface area contributed by atoms with Gasteiger partial charge in [0.15, 0.2) is 0 Å². The zero-order valence-electron chi connectivity index (χ0n) is 15.7. The Labute approximate surface area is 155 Å². The van der Waals surface area contributed by atoms with Gasteiger partial charge in [-0.15, -0.1) is 0 Å². The van der Waals surface area contributed by atoms with Crippen LogP contribution in [0.2, 0.25) is 0 Å². The highest BCUT2D eigenvalue weighted by Gasteiger charge is 2.22. The fourth-order valence-electron chi connectivity index (χ4n) is 4.43. The van der Waals surface area contributed by atoms with Gasteiger partial charge in [-0.25, -0.2) is 9.97 Å². The van der Waals surface area contributed by atoms with Gasteiger partial charge in [0.05, 0.1) is 11.9 Å². The molecular weight excluding hydrogens is 324 g/mol. The molecule has 2 heterocycles. The molecule has 140 valence electrons. The van der Waals surface area contributed by atoms with Gasteiger partial charge in [-0.05, 0) is 44.1 Å². The lowest BCUT2D eigenvalue weighted by atomic mass is 9.92. The molecule has 3 N–H and O–H groups in total. The molecule has 0 atom stereocenters. The van der Waals surface area contributed by atoms with Crippen molar-refractivity contribution in [3.63, 3.8) is 0 Å². The third-order valence-electron chi connectivity index (χ3n) is 6.05. The Balaban J connectivity index is 1.51. The highest BCUT2D eigenvalue weighted by molar-refractivity contribution is 5.62. The van der Waals surface area contributed by atoms with E-state index in [1.54, 1.807) is 0 Å². The fraction of sp³-hybridized carbons (Fsp3) is 0.650. The van der Waals surface area contributed by atoms with Crippen LogP contribution < -0.4 is 11.1 Å². The van der Waals surface area contributed by atoms with Crippen molar-refractivity contribution in [2.45, 2.75) is 69.9 Å². The van der Waals surface area contributed by atoms with Crippen molar-refractivity contribution in [1.29, 1.82) is 0 Å². The summed E-state index contributed by atoms with van der Waals surface area (Å²) in [6, 6.07) is 2.78. The molecule has 2 aromatic heterocycles. The van der Waals surface area contributed by atoms with Gasteiger partial charge in [0.25, 0.3) is 0 Å². The van der Waals surface area contributed by atoms with E-state index in [9.17, 15) is 0 Å². The van der Waals surface area contributed by atoms with Crippen molar-refractivity contribution in [3.05, 3.63) is 24.2 Å². The van der Waals surface area contributed by atoms with Crippen LogP contribution in [0.5, 0.6) is 0 Å². The number of rotatable bonds is 5. The standard InChI is InChI=1S/C20H30N6/c1-26-19(12-14-4-2-3-5-14)17(13-23-26)18-10-11-22-20(25-18)24-16-8-6-15(21)7-9-16/h10-11,13-16H,2-9,12,21H2,1H3,(H,22,24,25). The van der Waals surface area contributed by atoms with Gasteiger partial charge in [-0.1, -0.05) is 25.7 Å². The van der Waals surface area contributed by atoms with Gasteiger partial charge in [0.2, 0.25) is 5.95 Å². The van der Waals surface area contributed by atoms with Gasteiger partial charge in [0.1, 0.15) is 0 Å². The average Bonchev–Trinajstić information content (AvgIpc) is 3.28. The number of nitrogens with one attached hydrogen (secondary N) is 1. The molecule has 0 aromatic carbocycles. The van der Waals surface area contributed by atoms with E-state index in [2.05, 4.69) is 15.4 Å². The molecule has 26 heavy (non-hydrogen) atoms. The molecule has 4 rings (SSSR count). The monoisotopic (exact) mass is 354 g/mol. The maximum atomic E-state index is 6.01.